The van der Waals surface area contributed by atoms with Crippen LogP contribution >= 0.6 is 11.3 Å². The second-order valence-corrected chi connectivity index (χ2v) is 17.3. The van der Waals surface area contributed by atoms with Gasteiger partial charge in [0.2, 0.25) is 10.0 Å². The Morgan fingerprint density at radius 2 is 1.42 bits per heavy atom. The summed E-state index contributed by atoms with van der Waals surface area (Å²) in [7, 11) is -0.866. The summed E-state index contributed by atoms with van der Waals surface area (Å²) in [5.74, 6) is -1.53. The third-order valence-electron chi connectivity index (χ3n) is 10.5. The van der Waals surface area contributed by atoms with Gasteiger partial charge in [0.15, 0.2) is 0 Å². The smallest absolute Gasteiger partial charge is 0.337 e. The summed E-state index contributed by atoms with van der Waals surface area (Å²) in [6, 6.07) is 21.7. The number of carbonyl (C=O) groups excluding carboxylic acids is 4. The second kappa shape index (κ2) is 17.7. The van der Waals surface area contributed by atoms with E-state index in [-0.39, 0.29) is 42.3 Å². The summed E-state index contributed by atoms with van der Waals surface area (Å²) in [5, 5.41) is 6.56. The molecular weight excluding hydrogens is 739 g/mol. The number of nitrogens with zero attached hydrogens (tertiary/aromatic N) is 1. The highest BCUT2D eigenvalue weighted by Crippen LogP contribution is 2.39. The maximum Gasteiger partial charge on any atom is 0.337 e. The van der Waals surface area contributed by atoms with Gasteiger partial charge in [-0.05, 0) is 123 Å². The van der Waals surface area contributed by atoms with Crippen LogP contribution < -0.4 is 10.6 Å². The lowest BCUT2D eigenvalue weighted by molar-refractivity contribution is -0.146. The van der Waals surface area contributed by atoms with Crippen molar-refractivity contribution in [2.75, 3.05) is 31.1 Å². The minimum Gasteiger partial charge on any atom is -0.469 e. The first-order valence-electron chi connectivity index (χ1n) is 18.6. The van der Waals surface area contributed by atoms with E-state index in [1.165, 1.54) is 36.1 Å². The fourth-order valence-electron chi connectivity index (χ4n) is 7.51. The van der Waals surface area contributed by atoms with Crippen LogP contribution in [0.1, 0.15) is 96.7 Å². The zero-order chi connectivity index (χ0) is 39.1. The van der Waals surface area contributed by atoms with Gasteiger partial charge in [-0.25, -0.2) is 13.2 Å². The molecule has 0 unspecified atom stereocenters. The zero-order valence-corrected chi connectivity index (χ0v) is 33.0. The summed E-state index contributed by atoms with van der Waals surface area (Å²) in [4.78, 5) is 52.5. The molecule has 1 heterocycles. The number of methoxy groups -OCH3 is 2. The van der Waals surface area contributed by atoms with E-state index in [4.69, 9.17) is 9.47 Å². The van der Waals surface area contributed by atoms with Gasteiger partial charge in [0.25, 0.3) is 11.8 Å². The van der Waals surface area contributed by atoms with Crippen LogP contribution in [-0.4, -0.2) is 63.0 Å². The summed E-state index contributed by atoms with van der Waals surface area (Å²) in [6.07, 6.45) is 8.51. The highest BCUT2D eigenvalue weighted by Gasteiger charge is 2.34. The number of nitrogens with one attached hydrogen (secondary N) is 2. The summed E-state index contributed by atoms with van der Waals surface area (Å²) in [5.41, 5.74) is 5.82. The van der Waals surface area contributed by atoms with Crippen molar-refractivity contribution in [3.05, 3.63) is 117 Å². The summed E-state index contributed by atoms with van der Waals surface area (Å²) < 4.78 is 37.0. The van der Waals surface area contributed by atoms with Gasteiger partial charge in [0.05, 0.1) is 37.5 Å². The Labute approximate surface area is 326 Å². The Hall–Kier alpha value is -4.85. The maximum absolute atomic E-state index is 13.9. The summed E-state index contributed by atoms with van der Waals surface area (Å²) in [6.45, 7) is 0.0946. The molecule has 3 aromatic carbocycles. The van der Waals surface area contributed by atoms with Crippen molar-refractivity contribution in [1.82, 2.24) is 4.31 Å². The van der Waals surface area contributed by atoms with Gasteiger partial charge in [-0.3, -0.25) is 14.4 Å². The molecular formula is C42H47N3O8S2. The van der Waals surface area contributed by atoms with Gasteiger partial charge in [-0.15, -0.1) is 11.3 Å². The number of amides is 2. The first kappa shape index (κ1) is 39.8. The molecule has 0 aliphatic heterocycles. The molecule has 0 saturated heterocycles. The number of esters is 2. The van der Waals surface area contributed by atoms with Gasteiger partial charge in [0, 0.05) is 28.7 Å². The van der Waals surface area contributed by atoms with Gasteiger partial charge < -0.3 is 20.1 Å². The number of hydrogen-bond acceptors (Lipinski definition) is 9. The standard InChI is InChI=1S/C42H47N3O8S2/c1-52-41(48)30-17-13-27(14-18-30)11-12-28-15-21-33(22-16-28)43-39(47)37-35-9-4-5-10-36(35)54-40(37)44-38(46)32-8-6-7-29(25-32)26-45(55(3,50)51)34-23-19-31(20-24-34)42(49)53-2/h6-8,13-18,21-22,25,31,34H,4-5,9-12,19-20,23-24,26H2,1-3H3,(H,43,47)(H,44,46)/t31-,34-. The van der Waals surface area contributed by atoms with Crippen molar-refractivity contribution in [2.24, 2.45) is 5.92 Å². The molecule has 13 heteroatoms. The minimum absolute atomic E-state index is 0.0946. The minimum atomic E-state index is -3.59. The molecule has 1 saturated carbocycles. The average molecular weight is 786 g/mol. The average Bonchev–Trinajstić information content (AvgIpc) is 3.57. The number of carbonyl (C=O) groups is 4. The molecule has 6 rings (SSSR count). The fraction of sp³-hybridized carbons (Fsp3) is 0.381. The van der Waals surface area contributed by atoms with E-state index in [1.807, 2.05) is 36.4 Å². The van der Waals surface area contributed by atoms with Crippen molar-refractivity contribution in [3.8, 4) is 0 Å². The number of fused-ring (bicyclic) bond motifs is 1. The Kier molecular flexibility index (Phi) is 12.8. The van der Waals surface area contributed by atoms with Gasteiger partial charge in [-0.1, -0.05) is 36.4 Å². The van der Waals surface area contributed by atoms with Crippen LogP contribution in [0.2, 0.25) is 0 Å². The normalized spacial score (nSPS) is 16.9. The lowest BCUT2D eigenvalue weighted by Crippen LogP contribution is -2.42. The largest absolute Gasteiger partial charge is 0.469 e. The highest BCUT2D eigenvalue weighted by atomic mass is 32.2. The Morgan fingerprint density at radius 1 is 0.764 bits per heavy atom. The van der Waals surface area contributed by atoms with Crippen molar-refractivity contribution in [1.29, 1.82) is 0 Å². The predicted octanol–water partition coefficient (Wildman–Crippen LogP) is 7.20. The van der Waals surface area contributed by atoms with Crippen LogP contribution in [0.15, 0.2) is 72.8 Å². The maximum atomic E-state index is 13.9. The van der Waals surface area contributed by atoms with E-state index < -0.39 is 10.0 Å². The van der Waals surface area contributed by atoms with Crippen molar-refractivity contribution < 1.29 is 37.1 Å². The predicted molar refractivity (Wildman–Crippen MR) is 213 cm³/mol. The third kappa shape index (κ3) is 9.88. The molecule has 290 valence electrons. The van der Waals surface area contributed by atoms with E-state index in [2.05, 4.69) is 10.6 Å². The third-order valence-corrected chi connectivity index (χ3v) is 13.0. The number of rotatable bonds is 13. The molecule has 0 atom stereocenters. The number of anilines is 2. The van der Waals surface area contributed by atoms with Crippen molar-refractivity contribution >= 4 is 55.8 Å². The van der Waals surface area contributed by atoms with E-state index in [0.717, 1.165) is 60.1 Å². The molecule has 4 aromatic rings. The molecule has 0 spiro atoms. The van der Waals surface area contributed by atoms with Crippen LogP contribution in [0.4, 0.5) is 10.7 Å². The SMILES string of the molecule is COC(=O)c1ccc(CCc2ccc(NC(=O)c3c(NC(=O)c4cccc(CN([C@H]5CC[C@H](C(=O)OC)CC5)S(C)(=O)=O)c4)sc4c3CCCC4)cc2)cc1. The highest BCUT2D eigenvalue weighted by molar-refractivity contribution is 7.88. The number of hydrogen-bond donors (Lipinski definition) is 2. The number of thiophene rings is 1. The molecule has 2 N–H and O–H groups in total. The molecule has 11 nitrogen and oxygen atoms in total. The van der Waals surface area contributed by atoms with Crippen molar-refractivity contribution in [2.45, 2.75) is 76.8 Å². The topological polar surface area (TPSA) is 148 Å². The fourth-order valence-corrected chi connectivity index (χ4v) is 9.92. The monoisotopic (exact) mass is 785 g/mol. The van der Waals surface area contributed by atoms with E-state index >= 15 is 0 Å². The molecule has 1 fully saturated rings. The molecule has 0 bridgehead atoms. The quantitative estimate of drug-likeness (QED) is 0.135. The molecule has 2 amide bonds. The van der Waals surface area contributed by atoms with E-state index in [1.54, 1.807) is 36.4 Å². The van der Waals surface area contributed by atoms with E-state index in [0.29, 0.717) is 58.6 Å². The van der Waals surface area contributed by atoms with Crippen LogP contribution in [0.3, 0.4) is 0 Å². The van der Waals surface area contributed by atoms with Crippen LogP contribution in [0.5, 0.6) is 0 Å². The van der Waals surface area contributed by atoms with Crippen LogP contribution in [0, 0.1) is 5.92 Å². The molecule has 55 heavy (non-hydrogen) atoms. The molecule has 2 aliphatic carbocycles. The first-order chi connectivity index (χ1) is 26.4. The Bertz CT molecular complexity index is 2140. The zero-order valence-electron chi connectivity index (χ0n) is 31.4. The molecule has 0 radical (unpaired) electrons. The summed E-state index contributed by atoms with van der Waals surface area (Å²) >= 11 is 1.44. The Morgan fingerprint density at radius 3 is 2.05 bits per heavy atom. The number of ether oxygens (including phenoxy) is 2. The van der Waals surface area contributed by atoms with Crippen LogP contribution in [-0.2, 0) is 56.5 Å². The van der Waals surface area contributed by atoms with Crippen LogP contribution in [0.25, 0.3) is 0 Å². The first-order valence-corrected chi connectivity index (χ1v) is 21.3. The number of sulfonamides is 1. The lowest BCUT2D eigenvalue weighted by Gasteiger charge is -2.34. The van der Waals surface area contributed by atoms with Gasteiger partial charge in [0.1, 0.15) is 5.00 Å². The Balaban J connectivity index is 1.12. The van der Waals surface area contributed by atoms with Gasteiger partial charge >= 0.3 is 11.9 Å². The van der Waals surface area contributed by atoms with Gasteiger partial charge in [-0.2, -0.15) is 4.31 Å². The lowest BCUT2D eigenvalue weighted by atomic mass is 9.86. The van der Waals surface area contributed by atoms with E-state index in [9.17, 15) is 27.6 Å². The van der Waals surface area contributed by atoms with Crippen molar-refractivity contribution in [3.63, 3.8) is 0 Å². The molecule has 1 aromatic heterocycles. The second-order valence-electron chi connectivity index (χ2n) is 14.2. The molecule has 2 aliphatic rings. The number of aryl methyl sites for hydroxylation is 3. The number of benzene rings is 3.